The van der Waals surface area contributed by atoms with Crippen molar-refractivity contribution in [2.75, 3.05) is 26.2 Å². The normalized spacial score (nSPS) is 32.0. The number of rotatable bonds is 5. The van der Waals surface area contributed by atoms with Crippen LogP contribution < -0.4 is 5.32 Å². The minimum absolute atomic E-state index is 0.0541. The summed E-state index contributed by atoms with van der Waals surface area (Å²) in [5.41, 5.74) is 0. The fourth-order valence-corrected chi connectivity index (χ4v) is 4.14. The quantitative estimate of drug-likeness (QED) is 0.869. The number of imide groups is 1. The van der Waals surface area contributed by atoms with Crippen molar-refractivity contribution in [2.24, 2.45) is 17.8 Å². The fourth-order valence-electron chi connectivity index (χ4n) is 4.14. The first kappa shape index (κ1) is 17.1. The molecule has 0 bridgehead atoms. The molecule has 0 aromatic carbocycles. The summed E-state index contributed by atoms with van der Waals surface area (Å²) in [6.45, 7) is 3.97. The Kier molecular flexibility index (Phi) is 4.46. The van der Waals surface area contributed by atoms with Crippen LogP contribution in [0.25, 0.3) is 0 Å². The highest BCUT2D eigenvalue weighted by atomic mass is 16.3. The van der Waals surface area contributed by atoms with Crippen LogP contribution in [-0.2, 0) is 9.59 Å². The van der Waals surface area contributed by atoms with E-state index < -0.39 is 0 Å². The number of hydrogen-bond donors (Lipinski definition) is 1. The predicted octanol–water partition coefficient (Wildman–Crippen LogP) is 1.81. The SMILES string of the molecule is CC1CCNC(=O)C1CN1C(=O)CCN(C[C@@H]2C[C@H]2c2ccco2)C1=O. The lowest BCUT2D eigenvalue weighted by molar-refractivity contribution is -0.135. The first-order valence-corrected chi connectivity index (χ1v) is 9.45. The maximum atomic E-state index is 12.9. The molecule has 4 amide bonds. The van der Waals surface area contributed by atoms with E-state index in [1.165, 1.54) is 4.90 Å². The molecule has 0 spiro atoms. The number of carbonyl (C=O) groups is 3. The van der Waals surface area contributed by atoms with E-state index in [4.69, 9.17) is 4.42 Å². The molecular formula is C19H25N3O4. The van der Waals surface area contributed by atoms with E-state index >= 15 is 0 Å². The first-order chi connectivity index (χ1) is 12.5. The number of carbonyl (C=O) groups excluding carboxylic acids is 3. The Bertz CT molecular complexity index is 702. The number of nitrogens with one attached hydrogen (secondary N) is 1. The molecule has 7 nitrogen and oxygen atoms in total. The van der Waals surface area contributed by atoms with Crippen LogP contribution >= 0.6 is 0 Å². The van der Waals surface area contributed by atoms with E-state index in [2.05, 4.69) is 5.32 Å². The van der Waals surface area contributed by atoms with E-state index in [9.17, 15) is 14.4 Å². The molecule has 1 aromatic heterocycles. The zero-order valence-electron chi connectivity index (χ0n) is 15.0. The molecule has 3 aliphatic rings. The summed E-state index contributed by atoms with van der Waals surface area (Å²) < 4.78 is 5.45. The Morgan fingerprint density at radius 3 is 2.85 bits per heavy atom. The van der Waals surface area contributed by atoms with Crippen molar-refractivity contribution in [3.05, 3.63) is 24.2 Å². The monoisotopic (exact) mass is 359 g/mol. The van der Waals surface area contributed by atoms with E-state index in [-0.39, 0.29) is 36.2 Å². The van der Waals surface area contributed by atoms with Crippen LogP contribution in [0, 0.1) is 17.8 Å². The second-order valence-corrected chi connectivity index (χ2v) is 7.76. The van der Waals surface area contributed by atoms with Gasteiger partial charge in [0.1, 0.15) is 5.76 Å². The molecule has 2 aliphatic heterocycles. The molecular weight excluding hydrogens is 334 g/mol. The first-order valence-electron chi connectivity index (χ1n) is 9.45. The number of hydrogen-bond acceptors (Lipinski definition) is 4. The van der Waals surface area contributed by atoms with Crippen molar-refractivity contribution >= 4 is 17.8 Å². The van der Waals surface area contributed by atoms with Gasteiger partial charge in [-0.15, -0.1) is 0 Å². The van der Waals surface area contributed by atoms with Crippen molar-refractivity contribution in [1.82, 2.24) is 15.1 Å². The molecule has 26 heavy (non-hydrogen) atoms. The Balaban J connectivity index is 1.39. The van der Waals surface area contributed by atoms with E-state index in [0.29, 0.717) is 37.9 Å². The lowest BCUT2D eigenvalue weighted by atomic mass is 9.87. The molecule has 3 heterocycles. The van der Waals surface area contributed by atoms with Gasteiger partial charge in [-0.25, -0.2) is 4.79 Å². The molecule has 3 fully saturated rings. The summed E-state index contributed by atoms with van der Waals surface area (Å²) in [6.07, 6.45) is 3.89. The van der Waals surface area contributed by atoms with Gasteiger partial charge in [-0.3, -0.25) is 14.5 Å². The van der Waals surface area contributed by atoms with Crippen molar-refractivity contribution in [2.45, 2.75) is 32.1 Å². The molecule has 1 saturated carbocycles. The average molecular weight is 359 g/mol. The lowest BCUT2D eigenvalue weighted by Gasteiger charge is -2.38. The summed E-state index contributed by atoms with van der Waals surface area (Å²) in [5, 5.41) is 2.84. The van der Waals surface area contributed by atoms with Crippen molar-refractivity contribution in [3.63, 3.8) is 0 Å². The van der Waals surface area contributed by atoms with E-state index in [1.54, 1.807) is 11.2 Å². The zero-order chi connectivity index (χ0) is 18.3. The van der Waals surface area contributed by atoms with Crippen molar-refractivity contribution < 1.29 is 18.8 Å². The van der Waals surface area contributed by atoms with Crippen LogP contribution in [0.3, 0.4) is 0 Å². The molecule has 4 rings (SSSR count). The maximum absolute atomic E-state index is 12.9. The Morgan fingerprint density at radius 1 is 1.27 bits per heavy atom. The topological polar surface area (TPSA) is 82.9 Å². The Morgan fingerprint density at radius 2 is 2.12 bits per heavy atom. The van der Waals surface area contributed by atoms with Gasteiger partial charge >= 0.3 is 6.03 Å². The molecule has 0 radical (unpaired) electrons. The van der Waals surface area contributed by atoms with Crippen molar-refractivity contribution in [3.8, 4) is 0 Å². The molecule has 2 saturated heterocycles. The minimum atomic E-state index is -0.312. The molecule has 2 unspecified atom stereocenters. The minimum Gasteiger partial charge on any atom is -0.469 e. The number of nitrogens with zero attached hydrogens (tertiary/aromatic N) is 2. The van der Waals surface area contributed by atoms with Gasteiger partial charge in [-0.1, -0.05) is 6.92 Å². The average Bonchev–Trinajstić information content (AvgIpc) is 3.15. The van der Waals surface area contributed by atoms with Crippen LogP contribution in [0.5, 0.6) is 0 Å². The summed E-state index contributed by atoms with van der Waals surface area (Å²) in [4.78, 5) is 40.4. The van der Waals surface area contributed by atoms with Gasteiger partial charge in [0.05, 0.1) is 12.2 Å². The second-order valence-electron chi connectivity index (χ2n) is 7.76. The molecule has 7 heteroatoms. The van der Waals surface area contributed by atoms with Gasteiger partial charge < -0.3 is 14.6 Å². The highest BCUT2D eigenvalue weighted by Gasteiger charge is 2.44. The van der Waals surface area contributed by atoms with Gasteiger partial charge in [0.25, 0.3) is 0 Å². The van der Waals surface area contributed by atoms with Gasteiger partial charge in [0.2, 0.25) is 11.8 Å². The van der Waals surface area contributed by atoms with Gasteiger partial charge in [0.15, 0.2) is 0 Å². The third kappa shape index (κ3) is 3.22. The number of urea groups is 1. The van der Waals surface area contributed by atoms with E-state index in [0.717, 1.165) is 18.6 Å². The summed E-state index contributed by atoms with van der Waals surface area (Å²) in [7, 11) is 0. The highest BCUT2D eigenvalue weighted by Crippen LogP contribution is 2.48. The van der Waals surface area contributed by atoms with Gasteiger partial charge in [-0.05, 0) is 36.8 Å². The summed E-state index contributed by atoms with van der Waals surface area (Å²) >= 11 is 0. The zero-order valence-corrected chi connectivity index (χ0v) is 15.0. The smallest absolute Gasteiger partial charge is 0.326 e. The fraction of sp³-hybridized carbons (Fsp3) is 0.632. The van der Waals surface area contributed by atoms with Crippen LogP contribution in [0.2, 0.25) is 0 Å². The molecule has 1 aliphatic carbocycles. The largest absolute Gasteiger partial charge is 0.469 e. The van der Waals surface area contributed by atoms with Gasteiger partial charge in [0, 0.05) is 38.5 Å². The molecule has 140 valence electrons. The standard InChI is InChI=1S/C19H25N3O4/c1-12-4-6-20-18(24)15(12)11-22-17(23)5-7-21(19(22)25)10-13-9-14(13)16-3-2-8-26-16/h2-3,8,12-15H,4-7,9-11H2,1H3,(H,20,24)/t12?,13-,14+,15?/m0/s1. The molecule has 1 N–H and O–H groups in total. The van der Waals surface area contributed by atoms with E-state index in [1.807, 2.05) is 19.1 Å². The number of amides is 4. The second kappa shape index (κ2) is 6.78. The van der Waals surface area contributed by atoms with Crippen LogP contribution in [0.4, 0.5) is 4.79 Å². The highest BCUT2D eigenvalue weighted by molar-refractivity contribution is 5.97. The summed E-state index contributed by atoms with van der Waals surface area (Å²) in [5.74, 6) is 1.36. The van der Waals surface area contributed by atoms with Crippen molar-refractivity contribution in [1.29, 1.82) is 0 Å². The van der Waals surface area contributed by atoms with Gasteiger partial charge in [-0.2, -0.15) is 0 Å². The maximum Gasteiger partial charge on any atom is 0.326 e. The third-order valence-electron chi connectivity index (χ3n) is 5.99. The number of piperidine rings is 1. The van der Waals surface area contributed by atoms with Crippen LogP contribution in [-0.4, -0.2) is 53.8 Å². The third-order valence-corrected chi connectivity index (χ3v) is 5.99. The van der Waals surface area contributed by atoms with Crippen LogP contribution in [0.15, 0.2) is 22.8 Å². The predicted molar refractivity (Wildman–Crippen MR) is 93.1 cm³/mol. The molecule has 4 atom stereocenters. The lowest BCUT2D eigenvalue weighted by Crippen LogP contribution is -2.56. The Hall–Kier alpha value is -2.31. The van der Waals surface area contributed by atoms with Crippen LogP contribution in [0.1, 0.15) is 37.9 Å². The Labute approximate surface area is 152 Å². The molecule has 1 aromatic rings. The number of furan rings is 1. The summed E-state index contributed by atoms with van der Waals surface area (Å²) in [6, 6.07) is 3.60.